The molecule has 0 amide bonds. The van der Waals surface area contributed by atoms with Crippen LogP contribution in [0.25, 0.3) is 34.4 Å². The molecule has 0 aliphatic rings. The molecule has 3 aromatic heterocycles. The Kier molecular flexibility index (Phi) is 4.41. The van der Waals surface area contributed by atoms with Gasteiger partial charge in [-0.3, -0.25) is 14.8 Å². The van der Waals surface area contributed by atoms with Gasteiger partial charge >= 0.3 is 0 Å². The quantitative estimate of drug-likeness (QED) is 0.511. The molecular weight excluding hydrogens is 352 g/mol. The Bertz CT molecular complexity index is 1220. The minimum Gasteiger partial charge on any atom is -0.378 e. The second kappa shape index (κ2) is 7.03. The van der Waals surface area contributed by atoms with Crippen molar-refractivity contribution >= 4 is 34.8 Å². The molecule has 0 radical (unpaired) electrons. The second-order valence-corrected chi connectivity index (χ2v) is 6.69. The molecule has 0 atom stereocenters. The third kappa shape index (κ3) is 3.50. The summed E-state index contributed by atoms with van der Waals surface area (Å²) in [5.41, 5.74) is 10.6. The number of nitrogens with two attached hydrogens (primary N) is 1. The number of aromatic nitrogens is 4. The van der Waals surface area contributed by atoms with Gasteiger partial charge in [0, 0.05) is 37.2 Å². The van der Waals surface area contributed by atoms with Gasteiger partial charge in [0.1, 0.15) is 5.65 Å². The van der Waals surface area contributed by atoms with E-state index < -0.39 is 0 Å². The molecule has 0 spiro atoms. The Morgan fingerprint density at radius 2 is 1.82 bits per heavy atom. The predicted molar refractivity (Wildman–Crippen MR) is 114 cm³/mol. The Morgan fingerprint density at radius 1 is 1.04 bits per heavy atom. The van der Waals surface area contributed by atoms with Crippen LogP contribution in [0.5, 0.6) is 0 Å². The number of pyridine rings is 1. The van der Waals surface area contributed by atoms with E-state index in [1.54, 1.807) is 12.3 Å². The fourth-order valence-electron chi connectivity index (χ4n) is 2.96. The Morgan fingerprint density at radius 3 is 2.57 bits per heavy atom. The first-order valence-electron chi connectivity index (χ1n) is 8.80. The molecule has 0 aliphatic heterocycles. The van der Waals surface area contributed by atoms with Crippen LogP contribution in [-0.4, -0.2) is 34.0 Å². The van der Waals surface area contributed by atoms with Crippen LogP contribution in [0.2, 0.25) is 0 Å². The van der Waals surface area contributed by atoms with Gasteiger partial charge in [-0.2, -0.15) is 4.98 Å². The van der Waals surface area contributed by atoms with Crippen molar-refractivity contribution < 1.29 is 0 Å². The van der Waals surface area contributed by atoms with Gasteiger partial charge in [0.05, 0.1) is 11.1 Å². The van der Waals surface area contributed by atoms with Crippen molar-refractivity contribution in [1.29, 1.82) is 0 Å². The van der Waals surface area contributed by atoms with E-state index in [4.69, 9.17) is 5.73 Å². The van der Waals surface area contributed by atoms with E-state index in [0.29, 0.717) is 11.0 Å². The van der Waals surface area contributed by atoms with Crippen LogP contribution in [0, 0.1) is 0 Å². The lowest BCUT2D eigenvalue weighted by Gasteiger charge is -2.11. The van der Waals surface area contributed by atoms with E-state index in [1.165, 1.54) is 0 Å². The first-order valence-corrected chi connectivity index (χ1v) is 8.80. The molecule has 3 heterocycles. The predicted octanol–water partition coefficient (Wildman–Crippen LogP) is 3.13. The highest BCUT2D eigenvalue weighted by atomic mass is 16.1. The van der Waals surface area contributed by atoms with Gasteiger partial charge in [0.15, 0.2) is 0 Å². The van der Waals surface area contributed by atoms with Crippen LogP contribution in [0.15, 0.2) is 53.5 Å². The van der Waals surface area contributed by atoms with E-state index >= 15 is 0 Å². The molecule has 0 saturated heterocycles. The van der Waals surface area contributed by atoms with Crippen LogP contribution >= 0.6 is 0 Å². The maximum Gasteiger partial charge on any atom is 0.261 e. The molecule has 0 saturated carbocycles. The molecule has 140 valence electrons. The molecule has 1 aromatic carbocycles. The van der Waals surface area contributed by atoms with Crippen molar-refractivity contribution in [3.8, 4) is 11.3 Å². The zero-order valence-electron chi connectivity index (χ0n) is 15.6. The van der Waals surface area contributed by atoms with E-state index in [-0.39, 0.29) is 11.5 Å². The molecule has 0 aliphatic carbocycles. The molecule has 4 N–H and O–H groups in total. The van der Waals surface area contributed by atoms with E-state index in [2.05, 4.69) is 49.1 Å². The summed E-state index contributed by atoms with van der Waals surface area (Å²) in [5.74, 6) is 0.0875. The molecule has 0 unspecified atom stereocenters. The number of anilines is 2. The summed E-state index contributed by atoms with van der Waals surface area (Å²) < 4.78 is 0. The number of benzene rings is 1. The summed E-state index contributed by atoms with van der Waals surface area (Å²) in [4.78, 5) is 28.3. The molecule has 28 heavy (non-hydrogen) atoms. The van der Waals surface area contributed by atoms with Gasteiger partial charge in [0.25, 0.3) is 5.56 Å². The van der Waals surface area contributed by atoms with Crippen molar-refractivity contribution in [2.45, 2.75) is 0 Å². The third-order valence-electron chi connectivity index (χ3n) is 4.46. The van der Waals surface area contributed by atoms with Crippen molar-refractivity contribution in [3.63, 3.8) is 0 Å². The molecule has 4 aromatic rings. The smallest absolute Gasteiger partial charge is 0.261 e. The standard InChI is InChI=1S/C21H20N6O/c1-27(2)16-7-4-13(5-8-16)3-6-15-11-14(9-10-23-15)18-12-17-19(24-18)25-21(22)26-20(17)28/h3-12H,1-2H3,(H4,22,24,25,26,28)/b6-3+. The number of hydrogen-bond acceptors (Lipinski definition) is 5. The van der Waals surface area contributed by atoms with Crippen molar-refractivity contribution in [2.75, 3.05) is 24.7 Å². The largest absolute Gasteiger partial charge is 0.378 e. The zero-order chi connectivity index (χ0) is 19.7. The Hall–Kier alpha value is -3.87. The summed E-state index contributed by atoms with van der Waals surface area (Å²) >= 11 is 0. The van der Waals surface area contributed by atoms with Crippen LogP contribution in [0.3, 0.4) is 0 Å². The summed E-state index contributed by atoms with van der Waals surface area (Å²) in [7, 11) is 4.03. The summed E-state index contributed by atoms with van der Waals surface area (Å²) in [6.07, 6.45) is 5.71. The maximum atomic E-state index is 12.0. The molecular formula is C21H20N6O. The van der Waals surface area contributed by atoms with Gasteiger partial charge in [-0.05, 0) is 42.0 Å². The van der Waals surface area contributed by atoms with Gasteiger partial charge in [-0.15, -0.1) is 0 Å². The number of nitrogen functional groups attached to an aromatic ring is 1. The van der Waals surface area contributed by atoms with E-state index in [0.717, 1.165) is 28.2 Å². The monoisotopic (exact) mass is 372 g/mol. The molecule has 0 bridgehead atoms. The SMILES string of the molecule is CN(C)c1ccc(/C=C/c2cc(-c3cc4c(=O)[nH]c(N)nc4[nH]3)ccn2)cc1. The fourth-order valence-corrected chi connectivity index (χ4v) is 2.96. The number of H-pyrrole nitrogens is 2. The van der Waals surface area contributed by atoms with Crippen LogP contribution in [0.4, 0.5) is 11.6 Å². The van der Waals surface area contributed by atoms with Gasteiger partial charge in [0.2, 0.25) is 5.95 Å². The minimum absolute atomic E-state index is 0.0875. The minimum atomic E-state index is -0.264. The topological polar surface area (TPSA) is 104 Å². The summed E-state index contributed by atoms with van der Waals surface area (Å²) in [6, 6.07) is 13.9. The number of nitrogens with zero attached hydrogens (tertiary/aromatic N) is 3. The van der Waals surface area contributed by atoms with Crippen LogP contribution in [-0.2, 0) is 0 Å². The van der Waals surface area contributed by atoms with E-state index in [9.17, 15) is 4.79 Å². The Balaban J connectivity index is 1.63. The first kappa shape index (κ1) is 17.5. The number of fused-ring (bicyclic) bond motifs is 1. The lowest BCUT2D eigenvalue weighted by molar-refractivity contribution is 1.13. The lowest BCUT2D eigenvalue weighted by Crippen LogP contribution is -2.09. The van der Waals surface area contributed by atoms with Crippen LogP contribution < -0.4 is 16.2 Å². The average Bonchev–Trinajstić information content (AvgIpc) is 3.11. The second-order valence-electron chi connectivity index (χ2n) is 6.69. The number of nitrogens with one attached hydrogen (secondary N) is 2. The number of hydrogen-bond donors (Lipinski definition) is 3. The van der Waals surface area contributed by atoms with E-state index in [1.807, 2.05) is 38.4 Å². The highest BCUT2D eigenvalue weighted by Gasteiger charge is 2.09. The zero-order valence-corrected chi connectivity index (χ0v) is 15.6. The molecule has 7 nitrogen and oxygen atoms in total. The van der Waals surface area contributed by atoms with Crippen molar-refractivity contribution in [2.24, 2.45) is 0 Å². The number of rotatable bonds is 4. The summed E-state index contributed by atoms with van der Waals surface area (Å²) in [5, 5.41) is 0.471. The van der Waals surface area contributed by atoms with Crippen LogP contribution in [0.1, 0.15) is 11.3 Å². The number of aromatic amines is 2. The summed E-state index contributed by atoms with van der Waals surface area (Å²) in [6.45, 7) is 0. The highest BCUT2D eigenvalue weighted by Crippen LogP contribution is 2.22. The first-order chi connectivity index (χ1) is 13.5. The Labute approximate surface area is 161 Å². The lowest BCUT2D eigenvalue weighted by atomic mass is 10.1. The third-order valence-corrected chi connectivity index (χ3v) is 4.46. The van der Waals surface area contributed by atoms with Gasteiger partial charge in [-0.25, -0.2) is 0 Å². The van der Waals surface area contributed by atoms with Gasteiger partial charge in [-0.1, -0.05) is 18.2 Å². The molecule has 7 heteroatoms. The maximum absolute atomic E-state index is 12.0. The normalized spacial score (nSPS) is 11.4. The average molecular weight is 372 g/mol. The van der Waals surface area contributed by atoms with Crippen molar-refractivity contribution in [3.05, 3.63) is 70.3 Å². The molecule has 4 rings (SSSR count). The van der Waals surface area contributed by atoms with Gasteiger partial charge < -0.3 is 15.6 Å². The fraction of sp³-hybridized carbons (Fsp3) is 0.0952. The highest BCUT2D eigenvalue weighted by molar-refractivity contribution is 5.83. The van der Waals surface area contributed by atoms with Crippen molar-refractivity contribution in [1.82, 2.24) is 19.9 Å². The molecule has 0 fully saturated rings.